The molecular weight excluding hydrogens is 386 g/mol. The molecule has 5 nitrogen and oxygen atoms in total. The van der Waals surface area contributed by atoms with Crippen molar-refractivity contribution in [3.63, 3.8) is 0 Å². The van der Waals surface area contributed by atoms with Crippen LogP contribution in [0, 0.1) is 11.6 Å². The van der Waals surface area contributed by atoms with Gasteiger partial charge >= 0.3 is 5.97 Å². The van der Waals surface area contributed by atoms with Crippen LogP contribution in [0.2, 0.25) is 0 Å². The van der Waals surface area contributed by atoms with Crippen LogP contribution in [0.3, 0.4) is 0 Å². The van der Waals surface area contributed by atoms with Gasteiger partial charge < -0.3 is 9.30 Å². The maximum absolute atomic E-state index is 14.3. The summed E-state index contributed by atoms with van der Waals surface area (Å²) in [6.45, 7) is 1.46. The van der Waals surface area contributed by atoms with Gasteiger partial charge in [0, 0.05) is 12.1 Å². The normalized spacial score (nSPS) is 12.0. The standard InChI is InChI=1S/C20H16F2N2O3S/c1-2-27-18(26)12-24-19-15(22)10-14(21)11-16(19)28-20(24)23-17(25)9-8-13-6-4-3-5-7-13/h3-11H,2,12H2,1H3. The lowest BCUT2D eigenvalue weighted by atomic mass is 10.2. The predicted octanol–water partition coefficient (Wildman–Crippen LogP) is 3.68. The third kappa shape index (κ3) is 4.58. The molecule has 0 aliphatic heterocycles. The van der Waals surface area contributed by atoms with E-state index < -0.39 is 23.5 Å². The summed E-state index contributed by atoms with van der Waals surface area (Å²) in [4.78, 5) is 28.2. The zero-order chi connectivity index (χ0) is 20.1. The van der Waals surface area contributed by atoms with Gasteiger partial charge in [0.1, 0.15) is 12.4 Å². The van der Waals surface area contributed by atoms with Gasteiger partial charge in [0.25, 0.3) is 5.91 Å². The van der Waals surface area contributed by atoms with Crippen LogP contribution >= 0.6 is 11.3 Å². The van der Waals surface area contributed by atoms with Crippen molar-refractivity contribution in [2.24, 2.45) is 4.99 Å². The van der Waals surface area contributed by atoms with E-state index in [9.17, 15) is 18.4 Å². The van der Waals surface area contributed by atoms with E-state index in [1.807, 2.05) is 30.3 Å². The Morgan fingerprint density at radius 1 is 1.21 bits per heavy atom. The summed E-state index contributed by atoms with van der Waals surface area (Å²) in [5.41, 5.74) is 0.813. The minimum atomic E-state index is -0.843. The van der Waals surface area contributed by atoms with Gasteiger partial charge in [-0.1, -0.05) is 41.7 Å². The molecule has 0 fully saturated rings. The second kappa shape index (κ2) is 8.71. The number of esters is 1. The lowest BCUT2D eigenvalue weighted by molar-refractivity contribution is -0.143. The Bertz CT molecular complexity index is 1120. The molecule has 0 atom stereocenters. The first-order valence-electron chi connectivity index (χ1n) is 8.43. The number of rotatable bonds is 5. The van der Waals surface area contributed by atoms with Gasteiger partial charge in [-0.05, 0) is 24.6 Å². The smallest absolute Gasteiger partial charge is 0.326 e. The van der Waals surface area contributed by atoms with E-state index in [2.05, 4.69) is 4.99 Å². The molecule has 0 bridgehead atoms. The van der Waals surface area contributed by atoms with Gasteiger partial charge in [-0.2, -0.15) is 4.99 Å². The van der Waals surface area contributed by atoms with Crippen molar-refractivity contribution < 1.29 is 23.1 Å². The minimum absolute atomic E-state index is 0.00181. The number of carbonyl (C=O) groups is 2. The van der Waals surface area contributed by atoms with Crippen LogP contribution in [0.15, 0.2) is 53.5 Å². The van der Waals surface area contributed by atoms with Gasteiger partial charge in [0.2, 0.25) is 0 Å². The Kier molecular flexibility index (Phi) is 6.10. The molecule has 3 aromatic rings. The summed E-state index contributed by atoms with van der Waals surface area (Å²) in [6, 6.07) is 11.0. The molecule has 0 spiro atoms. The van der Waals surface area contributed by atoms with Gasteiger partial charge in [-0.15, -0.1) is 0 Å². The fraction of sp³-hybridized carbons (Fsp3) is 0.150. The SMILES string of the molecule is CCOC(=O)Cn1c(=NC(=O)C=Cc2ccccc2)sc2cc(F)cc(F)c21. The molecule has 2 aromatic carbocycles. The largest absolute Gasteiger partial charge is 0.465 e. The first kappa shape index (κ1) is 19.6. The molecule has 144 valence electrons. The summed E-state index contributed by atoms with van der Waals surface area (Å²) in [5.74, 6) is -2.80. The van der Waals surface area contributed by atoms with E-state index in [1.165, 1.54) is 10.6 Å². The van der Waals surface area contributed by atoms with Gasteiger partial charge in [-0.25, -0.2) is 8.78 Å². The number of benzene rings is 2. The third-order valence-electron chi connectivity index (χ3n) is 3.71. The van der Waals surface area contributed by atoms with Crippen LogP contribution in [0.4, 0.5) is 8.78 Å². The number of hydrogen-bond donors (Lipinski definition) is 0. The topological polar surface area (TPSA) is 60.7 Å². The average molecular weight is 402 g/mol. The average Bonchev–Trinajstić information content (AvgIpc) is 2.98. The van der Waals surface area contributed by atoms with Crippen LogP contribution < -0.4 is 4.80 Å². The van der Waals surface area contributed by atoms with Crippen molar-refractivity contribution in [3.8, 4) is 0 Å². The Morgan fingerprint density at radius 3 is 2.68 bits per heavy atom. The maximum atomic E-state index is 14.3. The highest BCUT2D eigenvalue weighted by Gasteiger charge is 2.16. The number of hydrogen-bond acceptors (Lipinski definition) is 4. The van der Waals surface area contributed by atoms with E-state index >= 15 is 0 Å². The van der Waals surface area contributed by atoms with Crippen molar-refractivity contribution in [1.29, 1.82) is 0 Å². The number of amides is 1. The molecule has 8 heteroatoms. The molecular formula is C20H16F2N2O3S. The van der Waals surface area contributed by atoms with Crippen molar-refractivity contribution in [1.82, 2.24) is 4.57 Å². The molecule has 0 aliphatic carbocycles. The quantitative estimate of drug-likeness (QED) is 0.483. The van der Waals surface area contributed by atoms with Crippen molar-refractivity contribution in [2.45, 2.75) is 13.5 Å². The molecule has 0 saturated heterocycles. The molecule has 1 heterocycles. The van der Waals surface area contributed by atoms with E-state index in [-0.39, 0.29) is 28.2 Å². The zero-order valence-electron chi connectivity index (χ0n) is 14.9. The molecule has 0 radical (unpaired) electrons. The van der Waals surface area contributed by atoms with Crippen LogP contribution in [-0.2, 0) is 20.9 Å². The van der Waals surface area contributed by atoms with Crippen molar-refractivity contribution in [3.05, 3.63) is 70.5 Å². The summed E-state index contributed by atoms with van der Waals surface area (Å²) in [6.07, 6.45) is 2.86. The Morgan fingerprint density at radius 2 is 1.96 bits per heavy atom. The molecule has 0 aliphatic rings. The van der Waals surface area contributed by atoms with Gasteiger partial charge in [0.15, 0.2) is 10.6 Å². The van der Waals surface area contributed by atoms with Gasteiger partial charge in [-0.3, -0.25) is 9.59 Å². The van der Waals surface area contributed by atoms with Crippen LogP contribution in [0.1, 0.15) is 12.5 Å². The predicted molar refractivity (Wildman–Crippen MR) is 102 cm³/mol. The first-order chi connectivity index (χ1) is 13.5. The Hall–Kier alpha value is -3.13. The molecule has 0 unspecified atom stereocenters. The number of aromatic nitrogens is 1. The molecule has 1 aromatic heterocycles. The van der Waals surface area contributed by atoms with Crippen LogP contribution in [0.5, 0.6) is 0 Å². The highest BCUT2D eigenvalue weighted by Crippen LogP contribution is 2.22. The Balaban J connectivity index is 2.04. The van der Waals surface area contributed by atoms with Gasteiger partial charge in [0.05, 0.1) is 16.8 Å². The Labute approximate surface area is 163 Å². The third-order valence-corrected chi connectivity index (χ3v) is 4.74. The summed E-state index contributed by atoms with van der Waals surface area (Å²) in [5, 5.41) is 0. The second-order valence-corrected chi connectivity index (χ2v) is 6.71. The fourth-order valence-corrected chi connectivity index (χ4v) is 3.63. The summed E-state index contributed by atoms with van der Waals surface area (Å²) >= 11 is 0.916. The number of ether oxygens (including phenoxy) is 1. The first-order valence-corrected chi connectivity index (χ1v) is 9.25. The fourth-order valence-electron chi connectivity index (χ4n) is 2.56. The molecule has 1 amide bonds. The van der Waals surface area contributed by atoms with E-state index in [0.717, 1.165) is 29.0 Å². The number of halogens is 2. The monoisotopic (exact) mass is 402 g/mol. The van der Waals surface area contributed by atoms with E-state index in [4.69, 9.17) is 4.74 Å². The summed E-state index contributed by atoms with van der Waals surface area (Å²) < 4.78 is 34.2. The molecule has 0 N–H and O–H groups in total. The molecule has 3 rings (SSSR count). The number of carbonyl (C=O) groups excluding carboxylic acids is 2. The highest BCUT2D eigenvalue weighted by atomic mass is 32.1. The van der Waals surface area contributed by atoms with E-state index in [0.29, 0.717) is 0 Å². The second-order valence-electron chi connectivity index (χ2n) is 5.70. The highest BCUT2D eigenvalue weighted by molar-refractivity contribution is 7.16. The minimum Gasteiger partial charge on any atom is -0.465 e. The summed E-state index contributed by atoms with van der Waals surface area (Å²) in [7, 11) is 0. The number of nitrogens with zero attached hydrogens (tertiary/aromatic N) is 2. The van der Waals surface area contributed by atoms with Crippen LogP contribution in [-0.4, -0.2) is 23.1 Å². The zero-order valence-corrected chi connectivity index (χ0v) is 15.7. The molecule has 0 saturated carbocycles. The lowest BCUT2D eigenvalue weighted by Gasteiger charge is -2.05. The van der Waals surface area contributed by atoms with Crippen LogP contribution in [0.25, 0.3) is 16.3 Å². The lowest BCUT2D eigenvalue weighted by Crippen LogP contribution is -2.23. The number of thiazole rings is 1. The maximum Gasteiger partial charge on any atom is 0.326 e. The molecule has 28 heavy (non-hydrogen) atoms. The van der Waals surface area contributed by atoms with Crippen molar-refractivity contribution >= 4 is 39.5 Å². The van der Waals surface area contributed by atoms with E-state index in [1.54, 1.807) is 13.0 Å². The number of fused-ring (bicyclic) bond motifs is 1. The van der Waals surface area contributed by atoms with Crippen molar-refractivity contribution in [2.75, 3.05) is 6.61 Å².